The molecule has 0 amide bonds. The fourth-order valence-corrected chi connectivity index (χ4v) is 3.25. The highest BCUT2D eigenvalue weighted by atomic mass is 16.4. The molecule has 0 radical (unpaired) electrons. The van der Waals surface area contributed by atoms with Crippen molar-refractivity contribution >= 4 is 5.97 Å². The summed E-state index contributed by atoms with van der Waals surface area (Å²) < 4.78 is 0. The first-order valence-corrected chi connectivity index (χ1v) is 7.44. The van der Waals surface area contributed by atoms with Gasteiger partial charge in [-0.1, -0.05) is 12.8 Å². The molecule has 2 fully saturated rings. The van der Waals surface area contributed by atoms with E-state index in [1.807, 2.05) is 0 Å². The number of carboxylic acid groups (broad SMARTS) is 1. The van der Waals surface area contributed by atoms with Gasteiger partial charge in [0.25, 0.3) is 0 Å². The molecule has 4 heteroatoms. The summed E-state index contributed by atoms with van der Waals surface area (Å²) >= 11 is 0. The van der Waals surface area contributed by atoms with Crippen LogP contribution in [0.5, 0.6) is 0 Å². The van der Waals surface area contributed by atoms with Gasteiger partial charge in [0.1, 0.15) is 0 Å². The molecule has 18 heavy (non-hydrogen) atoms. The second-order valence-electron chi connectivity index (χ2n) is 5.69. The van der Waals surface area contributed by atoms with E-state index in [4.69, 9.17) is 5.11 Å². The highest BCUT2D eigenvalue weighted by molar-refractivity contribution is 5.66. The Kier molecular flexibility index (Phi) is 5.45. The molecular weight excluding hydrogens is 228 g/mol. The summed E-state index contributed by atoms with van der Waals surface area (Å²) in [6.45, 7) is 5.37. The van der Waals surface area contributed by atoms with Crippen molar-refractivity contribution in [2.75, 3.05) is 32.7 Å². The first-order chi connectivity index (χ1) is 8.75. The molecule has 2 aliphatic heterocycles. The maximum absolute atomic E-state index is 10.6. The Hall–Kier alpha value is -0.610. The SMILES string of the molecule is O=C(O)CCN1CCC[C@@H](N2CCCCCC2)C1. The van der Waals surface area contributed by atoms with E-state index in [9.17, 15) is 4.79 Å². The van der Waals surface area contributed by atoms with Crippen LogP contribution in [-0.4, -0.2) is 59.6 Å². The van der Waals surface area contributed by atoms with Gasteiger partial charge in [-0.3, -0.25) is 9.69 Å². The number of piperidine rings is 1. The molecule has 0 aliphatic carbocycles. The average molecular weight is 254 g/mol. The van der Waals surface area contributed by atoms with Crippen LogP contribution in [0.25, 0.3) is 0 Å². The normalized spacial score (nSPS) is 27.9. The summed E-state index contributed by atoms with van der Waals surface area (Å²) in [6.07, 6.45) is 8.24. The lowest BCUT2D eigenvalue weighted by atomic mass is 10.0. The highest BCUT2D eigenvalue weighted by Crippen LogP contribution is 2.20. The van der Waals surface area contributed by atoms with Gasteiger partial charge >= 0.3 is 5.97 Å². The van der Waals surface area contributed by atoms with Gasteiger partial charge < -0.3 is 10.0 Å². The largest absolute Gasteiger partial charge is 0.481 e. The lowest BCUT2D eigenvalue weighted by Crippen LogP contribution is -2.48. The van der Waals surface area contributed by atoms with Crippen LogP contribution in [0.15, 0.2) is 0 Å². The summed E-state index contributed by atoms with van der Waals surface area (Å²) in [7, 11) is 0. The Labute approximate surface area is 110 Å². The Morgan fingerprint density at radius 3 is 2.44 bits per heavy atom. The third kappa shape index (κ3) is 4.25. The van der Waals surface area contributed by atoms with Crippen LogP contribution >= 0.6 is 0 Å². The van der Waals surface area contributed by atoms with E-state index in [0.29, 0.717) is 6.04 Å². The van der Waals surface area contributed by atoms with E-state index < -0.39 is 5.97 Å². The van der Waals surface area contributed by atoms with Gasteiger partial charge in [0, 0.05) is 19.1 Å². The van der Waals surface area contributed by atoms with Crippen molar-refractivity contribution < 1.29 is 9.90 Å². The van der Waals surface area contributed by atoms with Crippen molar-refractivity contribution in [3.63, 3.8) is 0 Å². The van der Waals surface area contributed by atoms with E-state index in [0.717, 1.165) is 19.6 Å². The lowest BCUT2D eigenvalue weighted by molar-refractivity contribution is -0.137. The quantitative estimate of drug-likeness (QED) is 0.831. The van der Waals surface area contributed by atoms with Crippen molar-refractivity contribution in [2.24, 2.45) is 0 Å². The topological polar surface area (TPSA) is 43.8 Å². The second kappa shape index (κ2) is 7.10. The summed E-state index contributed by atoms with van der Waals surface area (Å²) in [4.78, 5) is 15.6. The summed E-state index contributed by atoms with van der Waals surface area (Å²) in [6, 6.07) is 0.672. The van der Waals surface area contributed by atoms with Crippen LogP contribution in [-0.2, 0) is 4.79 Å². The van der Waals surface area contributed by atoms with Crippen molar-refractivity contribution in [3.05, 3.63) is 0 Å². The third-order valence-electron chi connectivity index (χ3n) is 4.28. The van der Waals surface area contributed by atoms with E-state index in [-0.39, 0.29) is 6.42 Å². The van der Waals surface area contributed by atoms with Crippen LogP contribution in [0, 0.1) is 0 Å². The molecule has 4 nitrogen and oxygen atoms in total. The van der Waals surface area contributed by atoms with E-state index in [1.54, 1.807) is 0 Å². The molecule has 0 bridgehead atoms. The minimum absolute atomic E-state index is 0.284. The van der Waals surface area contributed by atoms with Crippen LogP contribution in [0.3, 0.4) is 0 Å². The molecular formula is C14H26N2O2. The Morgan fingerprint density at radius 2 is 1.78 bits per heavy atom. The standard InChI is InChI=1S/C14H26N2O2/c17-14(18)7-11-15-8-5-6-13(12-15)16-9-3-1-2-4-10-16/h13H,1-12H2,(H,17,18)/t13-/m1/s1. The Balaban J connectivity index is 1.79. The maximum atomic E-state index is 10.6. The Morgan fingerprint density at radius 1 is 1.06 bits per heavy atom. The average Bonchev–Trinajstić information content (AvgIpc) is 2.65. The van der Waals surface area contributed by atoms with Gasteiger partial charge in [0.15, 0.2) is 0 Å². The van der Waals surface area contributed by atoms with Gasteiger partial charge in [0.05, 0.1) is 6.42 Å². The fraction of sp³-hybridized carbons (Fsp3) is 0.929. The molecule has 2 aliphatic rings. The number of hydrogen-bond acceptors (Lipinski definition) is 3. The maximum Gasteiger partial charge on any atom is 0.304 e. The molecule has 0 aromatic carbocycles. The molecule has 104 valence electrons. The monoisotopic (exact) mass is 254 g/mol. The zero-order chi connectivity index (χ0) is 12.8. The number of nitrogens with zero attached hydrogens (tertiary/aromatic N) is 2. The minimum Gasteiger partial charge on any atom is -0.481 e. The van der Waals surface area contributed by atoms with Gasteiger partial charge in [-0.15, -0.1) is 0 Å². The van der Waals surface area contributed by atoms with Crippen LogP contribution in [0.1, 0.15) is 44.9 Å². The molecule has 0 saturated carbocycles. The van der Waals surface area contributed by atoms with Gasteiger partial charge in [0.2, 0.25) is 0 Å². The van der Waals surface area contributed by atoms with Gasteiger partial charge in [-0.2, -0.15) is 0 Å². The summed E-state index contributed by atoms with van der Waals surface area (Å²) in [5.74, 6) is -0.674. The number of carbonyl (C=O) groups is 1. The van der Waals surface area contributed by atoms with Crippen LogP contribution in [0.4, 0.5) is 0 Å². The van der Waals surface area contributed by atoms with Gasteiger partial charge in [-0.05, 0) is 45.3 Å². The fourth-order valence-electron chi connectivity index (χ4n) is 3.25. The minimum atomic E-state index is -0.674. The zero-order valence-electron chi connectivity index (χ0n) is 11.3. The van der Waals surface area contributed by atoms with E-state index in [1.165, 1.54) is 51.6 Å². The molecule has 1 N–H and O–H groups in total. The molecule has 2 rings (SSSR count). The third-order valence-corrected chi connectivity index (χ3v) is 4.28. The number of aliphatic carboxylic acids is 1. The predicted molar refractivity (Wildman–Crippen MR) is 71.8 cm³/mol. The number of likely N-dealkylation sites (tertiary alicyclic amines) is 2. The first kappa shape index (κ1) is 13.8. The number of rotatable bonds is 4. The summed E-state index contributed by atoms with van der Waals surface area (Å²) in [5.41, 5.74) is 0. The molecule has 0 spiro atoms. The highest BCUT2D eigenvalue weighted by Gasteiger charge is 2.25. The van der Waals surface area contributed by atoms with Gasteiger partial charge in [-0.25, -0.2) is 0 Å². The first-order valence-electron chi connectivity index (χ1n) is 7.44. The predicted octanol–water partition coefficient (Wildman–Crippen LogP) is 1.80. The van der Waals surface area contributed by atoms with Crippen molar-refractivity contribution in [3.8, 4) is 0 Å². The number of carboxylic acids is 1. The molecule has 0 unspecified atom stereocenters. The molecule has 0 aromatic rings. The lowest BCUT2D eigenvalue weighted by Gasteiger charge is -2.39. The number of hydrogen-bond donors (Lipinski definition) is 1. The molecule has 2 saturated heterocycles. The van der Waals surface area contributed by atoms with Crippen LogP contribution in [0.2, 0.25) is 0 Å². The Bertz CT molecular complexity index is 263. The molecule has 1 atom stereocenters. The zero-order valence-corrected chi connectivity index (χ0v) is 11.3. The van der Waals surface area contributed by atoms with Crippen LogP contribution < -0.4 is 0 Å². The second-order valence-corrected chi connectivity index (χ2v) is 5.69. The van der Waals surface area contributed by atoms with E-state index >= 15 is 0 Å². The summed E-state index contributed by atoms with van der Waals surface area (Å²) in [5, 5.41) is 8.76. The van der Waals surface area contributed by atoms with Crippen molar-refractivity contribution in [1.82, 2.24) is 9.80 Å². The smallest absolute Gasteiger partial charge is 0.304 e. The van der Waals surface area contributed by atoms with E-state index in [2.05, 4.69) is 9.80 Å². The van der Waals surface area contributed by atoms with Crippen molar-refractivity contribution in [2.45, 2.75) is 51.0 Å². The molecule has 0 aromatic heterocycles. The van der Waals surface area contributed by atoms with Crippen molar-refractivity contribution in [1.29, 1.82) is 0 Å². The molecule has 2 heterocycles.